The van der Waals surface area contributed by atoms with Crippen molar-refractivity contribution in [2.45, 2.75) is 26.8 Å². The molecule has 0 fully saturated rings. The topological polar surface area (TPSA) is 12.0 Å². The highest BCUT2D eigenvalue weighted by Crippen LogP contribution is 2.15. The summed E-state index contributed by atoms with van der Waals surface area (Å²) in [6, 6.07) is 8.78. The first-order valence-electron chi connectivity index (χ1n) is 5.30. The molecule has 1 nitrogen and oxygen atoms in total. The molecule has 1 aromatic rings. The van der Waals surface area contributed by atoms with E-state index in [1.807, 2.05) is 6.07 Å². The highest BCUT2D eigenvalue weighted by Gasteiger charge is 2.01. The maximum atomic E-state index is 3.47. The van der Waals surface area contributed by atoms with E-state index in [1.165, 1.54) is 11.1 Å². The van der Waals surface area contributed by atoms with Crippen molar-refractivity contribution in [1.82, 2.24) is 5.32 Å². The van der Waals surface area contributed by atoms with Crippen molar-refractivity contribution >= 4 is 22.0 Å². The zero-order chi connectivity index (χ0) is 11.3. The lowest BCUT2D eigenvalue weighted by Gasteiger charge is -2.12. The second-order valence-corrected chi connectivity index (χ2v) is 4.64. The van der Waals surface area contributed by atoms with Crippen LogP contribution in [0.15, 0.2) is 34.3 Å². The second-order valence-electron chi connectivity index (χ2n) is 3.72. The van der Waals surface area contributed by atoms with Gasteiger partial charge in [0.25, 0.3) is 0 Å². The molecule has 0 amide bonds. The first-order chi connectivity index (χ1) is 7.13. The van der Waals surface area contributed by atoms with Crippen molar-refractivity contribution in [2.24, 2.45) is 0 Å². The largest absolute Gasteiger partial charge is 0.311 e. The average Bonchev–Trinajstić information content (AvgIpc) is 2.18. The molecule has 2 heteroatoms. The van der Waals surface area contributed by atoms with Crippen LogP contribution in [-0.2, 0) is 0 Å². The fraction of sp³-hybridized carbons (Fsp3) is 0.385. The van der Waals surface area contributed by atoms with Crippen LogP contribution in [0.4, 0.5) is 0 Å². The molecule has 0 bridgehead atoms. The van der Waals surface area contributed by atoms with Crippen molar-refractivity contribution in [2.75, 3.05) is 6.54 Å². The summed E-state index contributed by atoms with van der Waals surface area (Å²) in [6.45, 7) is 7.48. The quantitative estimate of drug-likeness (QED) is 0.874. The highest BCUT2D eigenvalue weighted by molar-refractivity contribution is 9.10. The summed E-state index contributed by atoms with van der Waals surface area (Å²) in [6.07, 6.45) is 2.22. The smallest absolute Gasteiger partial charge is 0.0251 e. The molecule has 15 heavy (non-hydrogen) atoms. The number of hydrogen-bond acceptors (Lipinski definition) is 1. The van der Waals surface area contributed by atoms with E-state index >= 15 is 0 Å². The SMILES string of the molecule is CCNC(C)/C(C)=C/c1cccc(Br)c1. The van der Waals surface area contributed by atoms with E-state index in [4.69, 9.17) is 0 Å². The number of nitrogens with one attached hydrogen (secondary N) is 1. The maximum Gasteiger partial charge on any atom is 0.0251 e. The summed E-state index contributed by atoms with van der Waals surface area (Å²) in [5, 5.41) is 3.40. The van der Waals surface area contributed by atoms with Gasteiger partial charge < -0.3 is 5.32 Å². The second kappa shape index (κ2) is 6.09. The minimum atomic E-state index is 0.439. The van der Waals surface area contributed by atoms with Gasteiger partial charge in [-0.3, -0.25) is 0 Å². The lowest BCUT2D eigenvalue weighted by Crippen LogP contribution is -2.26. The van der Waals surface area contributed by atoms with E-state index in [9.17, 15) is 0 Å². The van der Waals surface area contributed by atoms with Crippen molar-refractivity contribution in [3.8, 4) is 0 Å². The Balaban J connectivity index is 2.78. The zero-order valence-corrected chi connectivity index (χ0v) is 11.1. The van der Waals surface area contributed by atoms with Crippen LogP contribution in [-0.4, -0.2) is 12.6 Å². The third kappa shape index (κ3) is 4.18. The van der Waals surface area contributed by atoms with Crippen LogP contribution in [0.25, 0.3) is 6.08 Å². The molecule has 0 spiro atoms. The molecular formula is C13H18BrN. The van der Waals surface area contributed by atoms with Gasteiger partial charge in [-0.25, -0.2) is 0 Å². The normalized spacial score (nSPS) is 14.0. The van der Waals surface area contributed by atoms with Crippen LogP contribution in [0.1, 0.15) is 26.3 Å². The van der Waals surface area contributed by atoms with E-state index in [-0.39, 0.29) is 0 Å². The van der Waals surface area contributed by atoms with Crippen molar-refractivity contribution < 1.29 is 0 Å². The zero-order valence-electron chi connectivity index (χ0n) is 9.55. The molecule has 82 valence electrons. The summed E-state index contributed by atoms with van der Waals surface area (Å²) in [7, 11) is 0. The van der Waals surface area contributed by atoms with Crippen molar-refractivity contribution in [3.63, 3.8) is 0 Å². The van der Waals surface area contributed by atoms with Gasteiger partial charge in [-0.15, -0.1) is 0 Å². The fourth-order valence-corrected chi connectivity index (χ4v) is 1.87. The van der Waals surface area contributed by atoms with E-state index in [0.717, 1.165) is 11.0 Å². The Morgan fingerprint density at radius 3 is 2.87 bits per heavy atom. The van der Waals surface area contributed by atoms with Gasteiger partial charge in [0.15, 0.2) is 0 Å². The third-order valence-corrected chi connectivity index (χ3v) is 2.93. The molecule has 0 heterocycles. The van der Waals surface area contributed by atoms with E-state index < -0.39 is 0 Å². The maximum absolute atomic E-state index is 3.47. The Labute approximate surface area is 101 Å². The van der Waals surface area contributed by atoms with Gasteiger partial charge in [0.1, 0.15) is 0 Å². The first kappa shape index (κ1) is 12.5. The number of halogens is 1. The minimum Gasteiger partial charge on any atom is -0.311 e. The Morgan fingerprint density at radius 1 is 1.53 bits per heavy atom. The number of benzene rings is 1. The van der Waals surface area contributed by atoms with Gasteiger partial charge in [0.2, 0.25) is 0 Å². The van der Waals surface area contributed by atoms with E-state index in [0.29, 0.717) is 6.04 Å². The van der Waals surface area contributed by atoms with Gasteiger partial charge in [0.05, 0.1) is 0 Å². The lowest BCUT2D eigenvalue weighted by molar-refractivity contribution is 0.636. The molecule has 0 saturated heterocycles. The predicted molar refractivity (Wildman–Crippen MR) is 70.9 cm³/mol. The molecule has 0 radical (unpaired) electrons. The Kier molecular flexibility index (Phi) is 5.06. The fourth-order valence-electron chi connectivity index (χ4n) is 1.45. The number of rotatable bonds is 4. The van der Waals surface area contributed by atoms with Gasteiger partial charge in [0, 0.05) is 10.5 Å². The molecule has 0 aliphatic heterocycles. The standard InChI is InChI=1S/C13H18BrN/c1-4-15-11(3)10(2)8-12-6-5-7-13(14)9-12/h5-9,11,15H,4H2,1-3H3/b10-8+. The Hall–Kier alpha value is -0.600. The molecule has 0 aliphatic carbocycles. The first-order valence-corrected chi connectivity index (χ1v) is 6.10. The minimum absolute atomic E-state index is 0.439. The van der Waals surface area contributed by atoms with Crippen molar-refractivity contribution in [1.29, 1.82) is 0 Å². The molecule has 0 aliphatic rings. The van der Waals surface area contributed by atoms with Gasteiger partial charge >= 0.3 is 0 Å². The van der Waals surface area contributed by atoms with Crippen LogP contribution in [0.3, 0.4) is 0 Å². The predicted octanol–water partition coefficient (Wildman–Crippen LogP) is 3.85. The van der Waals surface area contributed by atoms with Gasteiger partial charge in [-0.2, -0.15) is 0 Å². The number of hydrogen-bond donors (Lipinski definition) is 1. The van der Waals surface area contributed by atoms with E-state index in [1.54, 1.807) is 0 Å². The Morgan fingerprint density at radius 2 is 2.27 bits per heavy atom. The highest BCUT2D eigenvalue weighted by atomic mass is 79.9. The van der Waals surface area contributed by atoms with Crippen LogP contribution < -0.4 is 5.32 Å². The Bertz CT molecular complexity index is 344. The summed E-state index contributed by atoms with van der Waals surface area (Å²) >= 11 is 3.47. The van der Waals surface area contributed by atoms with Crippen LogP contribution in [0.5, 0.6) is 0 Å². The van der Waals surface area contributed by atoms with Gasteiger partial charge in [-0.1, -0.05) is 46.6 Å². The molecular weight excluding hydrogens is 250 g/mol. The lowest BCUT2D eigenvalue weighted by atomic mass is 10.1. The summed E-state index contributed by atoms with van der Waals surface area (Å²) < 4.78 is 1.13. The summed E-state index contributed by atoms with van der Waals surface area (Å²) in [5.41, 5.74) is 2.60. The third-order valence-electron chi connectivity index (χ3n) is 2.44. The molecule has 1 rings (SSSR count). The van der Waals surface area contributed by atoms with Crippen LogP contribution >= 0.6 is 15.9 Å². The molecule has 1 atom stereocenters. The van der Waals surface area contributed by atoms with E-state index in [2.05, 4.69) is 66.3 Å². The monoisotopic (exact) mass is 267 g/mol. The van der Waals surface area contributed by atoms with Crippen LogP contribution in [0.2, 0.25) is 0 Å². The summed E-state index contributed by atoms with van der Waals surface area (Å²) in [5.74, 6) is 0. The van der Waals surface area contributed by atoms with Crippen LogP contribution in [0, 0.1) is 0 Å². The average molecular weight is 268 g/mol. The molecule has 0 saturated carbocycles. The summed E-state index contributed by atoms with van der Waals surface area (Å²) in [4.78, 5) is 0. The number of likely N-dealkylation sites (N-methyl/N-ethyl adjacent to an activating group) is 1. The molecule has 1 unspecified atom stereocenters. The van der Waals surface area contributed by atoms with Crippen molar-refractivity contribution in [3.05, 3.63) is 39.9 Å². The molecule has 1 N–H and O–H groups in total. The molecule has 0 aromatic heterocycles. The van der Waals surface area contributed by atoms with Gasteiger partial charge in [-0.05, 0) is 38.1 Å². The molecule has 1 aromatic carbocycles.